The Balaban J connectivity index is 1.62. The molecule has 0 N–H and O–H groups in total. The molecule has 1 saturated carbocycles. The largest absolute Gasteiger partial charge is 0.0776 e. The summed E-state index contributed by atoms with van der Waals surface area (Å²) in [5.74, 6) is 1.63. The van der Waals surface area contributed by atoms with Crippen LogP contribution in [-0.4, -0.2) is 0 Å². The average Bonchev–Trinajstić information content (AvgIpc) is 2.53. The van der Waals surface area contributed by atoms with E-state index in [-0.39, 0.29) is 0 Å². The van der Waals surface area contributed by atoms with Crippen molar-refractivity contribution < 1.29 is 0 Å². The van der Waals surface area contributed by atoms with E-state index in [1.807, 2.05) is 0 Å². The maximum atomic E-state index is 2.41. The monoisotopic (exact) mass is 184 g/mol. The van der Waals surface area contributed by atoms with Crippen LogP contribution in [0.25, 0.3) is 0 Å². The summed E-state index contributed by atoms with van der Waals surface area (Å²) in [7, 11) is 0. The number of rotatable bonds is 3. The molecule has 14 heavy (non-hydrogen) atoms. The molecular formula is C14H16. The Labute approximate surface area is 85.7 Å². The minimum atomic E-state index is 0.527. The van der Waals surface area contributed by atoms with Gasteiger partial charge in [-0.15, -0.1) is 0 Å². The summed E-state index contributed by atoms with van der Waals surface area (Å²) in [5, 5.41) is 0. The van der Waals surface area contributed by atoms with E-state index in [2.05, 4.69) is 49.5 Å². The van der Waals surface area contributed by atoms with Gasteiger partial charge in [0.15, 0.2) is 0 Å². The number of hydrogen-bond donors (Lipinski definition) is 0. The molecule has 3 rings (SSSR count). The molecule has 0 aromatic carbocycles. The van der Waals surface area contributed by atoms with E-state index in [9.17, 15) is 0 Å². The molecule has 3 aliphatic rings. The summed E-state index contributed by atoms with van der Waals surface area (Å²) < 4.78 is 0. The van der Waals surface area contributed by atoms with Crippen molar-refractivity contribution in [2.75, 3.05) is 0 Å². The normalized spacial score (nSPS) is 38.6. The molecule has 0 aromatic heterocycles. The predicted molar refractivity (Wildman–Crippen MR) is 59.8 cm³/mol. The molecule has 0 radical (unpaired) electrons. The molecule has 0 heterocycles. The van der Waals surface area contributed by atoms with Crippen molar-refractivity contribution in [1.29, 1.82) is 0 Å². The molecule has 0 aromatic rings. The van der Waals surface area contributed by atoms with Crippen molar-refractivity contribution in [3.8, 4) is 0 Å². The highest BCUT2D eigenvalue weighted by atomic mass is 14.6. The highest BCUT2D eigenvalue weighted by Crippen LogP contribution is 2.61. The third kappa shape index (κ3) is 1.13. The summed E-state index contributed by atoms with van der Waals surface area (Å²) in [5.41, 5.74) is 2.10. The van der Waals surface area contributed by atoms with Crippen LogP contribution in [0, 0.1) is 17.3 Å². The van der Waals surface area contributed by atoms with Gasteiger partial charge in [-0.25, -0.2) is 0 Å². The number of allylic oxidation sites excluding steroid dienone is 8. The fourth-order valence-electron chi connectivity index (χ4n) is 2.69. The Morgan fingerprint density at radius 2 is 2.00 bits per heavy atom. The van der Waals surface area contributed by atoms with Gasteiger partial charge in [0.2, 0.25) is 0 Å². The van der Waals surface area contributed by atoms with Gasteiger partial charge in [-0.1, -0.05) is 49.5 Å². The fourth-order valence-corrected chi connectivity index (χ4v) is 2.69. The predicted octanol–water partition coefficient (Wildman–Crippen LogP) is 3.64. The quantitative estimate of drug-likeness (QED) is 0.628. The Hall–Kier alpha value is -1.04. The summed E-state index contributed by atoms with van der Waals surface area (Å²) in [6.45, 7) is 2.41. The molecule has 1 unspecified atom stereocenters. The molecule has 0 nitrogen and oxygen atoms in total. The summed E-state index contributed by atoms with van der Waals surface area (Å²) >= 11 is 0. The topological polar surface area (TPSA) is 0 Å². The SMILES string of the molecule is CC1(C2=CC=C2)C[C@H]1CC1C=CC=C1. The lowest BCUT2D eigenvalue weighted by Crippen LogP contribution is -2.06. The van der Waals surface area contributed by atoms with Crippen molar-refractivity contribution in [1.82, 2.24) is 0 Å². The summed E-state index contributed by atoms with van der Waals surface area (Å²) in [6.07, 6.45) is 18.4. The van der Waals surface area contributed by atoms with Gasteiger partial charge >= 0.3 is 0 Å². The van der Waals surface area contributed by atoms with E-state index in [0.717, 1.165) is 5.92 Å². The van der Waals surface area contributed by atoms with Crippen LogP contribution in [0.4, 0.5) is 0 Å². The summed E-state index contributed by atoms with van der Waals surface area (Å²) in [6, 6.07) is 0. The maximum Gasteiger partial charge on any atom is -0.00434 e. The van der Waals surface area contributed by atoms with Gasteiger partial charge in [0.1, 0.15) is 0 Å². The first kappa shape index (κ1) is 8.28. The van der Waals surface area contributed by atoms with Crippen LogP contribution < -0.4 is 0 Å². The third-order valence-electron chi connectivity index (χ3n) is 4.01. The van der Waals surface area contributed by atoms with Gasteiger partial charge in [0.05, 0.1) is 0 Å². The van der Waals surface area contributed by atoms with Gasteiger partial charge in [-0.3, -0.25) is 0 Å². The van der Waals surface area contributed by atoms with E-state index in [0.29, 0.717) is 11.3 Å². The molecule has 0 amide bonds. The van der Waals surface area contributed by atoms with Gasteiger partial charge in [0.25, 0.3) is 0 Å². The Morgan fingerprint density at radius 1 is 1.29 bits per heavy atom. The standard InChI is InChI=1S/C14H16/c1-14(12-7-4-8-12)10-13(14)9-11-5-2-3-6-11/h2-8,11,13H,9-10H2,1H3/t13-,14?/m1/s1. The zero-order valence-electron chi connectivity index (χ0n) is 8.61. The molecule has 0 heteroatoms. The first-order chi connectivity index (χ1) is 6.79. The van der Waals surface area contributed by atoms with Crippen LogP contribution in [-0.2, 0) is 0 Å². The van der Waals surface area contributed by atoms with Gasteiger partial charge in [-0.2, -0.15) is 0 Å². The van der Waals surface area contributed by atoms with E-state index in [1.165, 1.54) is 12.8 Å². The van der Waals surface area contributed by atoms with Crippen molar-refractivity contribution in [2.45, 2.75) is 19.8 Å². The smallest absolute Gasteiger partial charge is 0.00434 e. The van der Waals surface area contributed by atoms with Crippen LogP contribution in [0.15, 0.2) is 48.1 Å². The van der Waals surface area contributed by atoms with E-state index < -0.39 is 0 Å². The van der Waals surface area contributed by atoms with Crippen molar-refractivity contribution in [3.63, 3.8) is 0 Å². The average molecular weight is 184 g/mol. The Morgan fingerprint density at radius 3 is 2.57 bits per heavy atom. The van der Waals surface area contributed by atoms with Gasteiger partial charge < -0.3 is 0 Å². The summed E-state index contributed by atoms with van der Waals surface area (Å²) in [4.78, 5) is 0. The minimum Gasteiger partial charge on any atom is -0.0776 e. The zero-order valence-corrected chi connectivity index (χ0v) is 8.61. The lowest BCUT2D eigenvalue weighted by molar-refractivity contribution is 0.532. The lowest BCUT2D eigenvalue weighted by Gasteiger charge is -2.17. The highest BCUT2D eigenvalue weighted by Gasteiger charge is 2.52. The first-order valence-corrected chi connectivity index (χ1v) is 5.53. The maximum absolute atomic E-state index is 2.41. The van der Waals surface area contributed by atoms with Crippen LogP contribution in [0.5, 0.6) is 0 Å². The van der Waals surface area contributed by atoms with Crippen LogP contribution >= 0.6 is 0 Å². The van der Waals surface area contributed by atoms with Gasteiger partial charge in [-0.05, 0) is 35.7 Å². The van der Waals surface area contributed by atoms with Crippen molar-refractivity contribution >= 4 is 0 Å². The fraction of sp³-hybridized carbons (Fsp3) is 0.429. The first-order valence-electron chi connectivity index (χ1n) is 5.53. The zero-order chi connectivity index (χ0) is 9.60. The second-order valence-electron chi connectivity index (χ2n) is 4.97. The Bertz CT molecular complexity index is 355. The molecule has 0 saturated heterocycles. The molecule has 0 bridgehead atoms. The van der Waals surface area contributed by atoms with Crippen LogP contribution in [0.3, 0.4) is 0 Å². The molecule has 0 spiro atoms. The Kier molecular flexibility index (Phi) is 1.61. The molecule has 3 aliphatic carbocycles. The lowest BCUT2D eigenvalue weighted by atomic mass is 9.87. The van der Waals surface area contributed by atoms with E-state index >= 15 is 0 Å². The van der Waals surface area contributed by atoms with Crippen molar-refractivity contribution in [3.05, 3.63) is 48.1 Å². The van der Waals surface area contributed by atoms with Crippen LogP contribution in [0.1, 0.15) is 19.8 Å². The molecular weight excluding hydrogens is 168 g/mol. The molecule has 0 aliphatic heterocycles. The molecule has 72 valence electrons. The molecule has 1 fully saturated rings. The second kappa shape index (κ2) is 2.73. The highest BCUT2D eigenvalue weighted by molar-refractivity contribution is 5.44. The van der Waals surface area contributed by atoms with Crippen molar-refractivity contribution in [2.24, 2.45) is 17.3 Å². The molecule has 2 atom stereocenters. The van der Waals surface area contributed by atoms with Gasteiger partial charge in [0, 0.05) is 0 Å². The van der Waals surface area contributed by atoms with E-state index in [1.54, 1.807) is 5.57 Å². The second-order valence-corrected chi connectivity index (χ2v) is 4.97. The minimum absolute atomic E-state index is 0.527. The third-order valence-corrected chi connectivity index (χ3v) is 4.01. The number of hydrogen-bond acceptors (Lipinski definition) is 0. The van der Waals surface area contributed by atoms with E-state index in [4.69, 9.17) is 0 Å². The van der Waals surface area contributed by atoms with Crippen LogP contribution in [0.2, 0.25) is 0 Å².